The van der Waals surface area contributed by atoms with Crippen molar-refractivity contribution in [3.8, 4) is 5.88 Å². The van der Waals surface area contributed by atoms with Gasteiger partial charge in [-0.1, -0.05) is 26.8 Å². The molecule has 1 aromatic rings. The van der Waals surface area contributed by atoms with E-state index in [0.717, 1.165) is 37.7 Å². The summed E-state index contributed by atoms with van der Waals surface area (Å²) < 4.78 is 6.14. The normalized spacial score (nSPS) is 23.0. The van der Waals surface area contributed by atoms with E-state index in [1.807, 2.05) is 12.3 Å². The number of nitrogens with zero attached hydrogens (tertiary/aromatic N) is 1. The maximum atomic E-state index is 6.14. The molecule has 112 valence electrons. The Morgan fingerprint density at radius 3 is 2.75 bits per heavy atom. The first-order valence-corrected chi connectivity index (χ1v) is 7.96. The van der Waals surface area contributed by atoms with Gasteiger partial charge in [0.05, 0.1) is 0 Å². The molecular weight excluding hydrogens is 248 g/mol. The zero-order valence-electron chi connectivity index (χ0n) is 13.1. The van der Waals surface area contributed by atoms with Gasteiger partial charge in [0.15, 0.2) is 0 Å². The van der Waals surface area contributed by atoms with Crippen LogP contribution in [0, 0.1) is 11.8 Å². The van der Waals surface area contributed by atoms with Crippen LogP contribution in [0.25, 0.3) is 0 Å². The molecule has 0 atom stereocenters. The lowest BCUT2D eigenvalue weighted by Crippen LogP contribution is -2.25. The fourth-order valence-electron chi connectivity index (χ4n) is 2.67. The molecule has 20 heavy (non-hydrogen) atoms. The molecule has 0 unspecified atom stereocenters. The third-order valence-electron chi connectivity index (χ3n) is 3.96. The maximum absolute atomic E-state index is 6.14. The van der Waals surface area contributed by atoms with Crippen molar-refractivity contribution in [3.05, 3.63) is 23.9 Å². The monoisotopic (exact) mass is 276 g/mol. The Kier molecular flexibility index (Phi) is 5.84. The number of rotatable bonds is 6. The van der Waals surface area contributed by atoms with Gasteiger partial charge < -0.3 is 10.1 Å². The molecule has 1 N–H and O–H groups in total. The molecule has 1 fully saturated rings. The van der Waals surface area contributed by atoms with Crippen LogP contribution >= 0.6 is 0 Å². The first-order valence-electron chi connectivity index (χ1n) is 7.96. The van der Waals surface area contributed by atoms with Crippen molar-refractivity contribution >= 4 is 0 Å². The number of aromatic nitrogens is 1. The van der Waals surface area contributed by atoms with Crippen molar-refractivity contribution in [3.63, 3.8) is 0 Å². The summed E-state index contributed by atoms with van der Waals surface area (Å²) >= 11 is 0. The highest BCUT2D eigenvalue weighted by atomic mass is 16.5. The fourth-order valence-corrected chi connectivity index (χ4v) is 2.67. The van der Waals surface area contributed by atoms with Gasteiger partial charge >= 0.3 is 0 Å². The highest BCUT2D eigenvalue weighted by molar-refractivity contribution is 5.25. The van der Waals surface area contributed by atoms with Crippen molar-refractivity contribution < 1.29 is 4.74 Å². The molecule has 0 aromatic carbocycles. The lowest BCUT2D eigenvalue weighted by molar-refractivity contribution is 0.128. The summed E-state index contributed by atoms with van der Waals surface area (Å²) in [5, 5.41) is 3.47. The van der Waals surface area contributed by atoms with Gasteiger partial charge in [0, 0.05) is 18.3 Å². The molecule has 0 saturated heterocycles. The van der Waals surface area contributed by atoms with E-state index >= 15 is 0 Å². The summed E-state index contributed by atoms with van der Waals surface area (Å²) in [5.74, 6) is 2.34. The van der Waals surface area contributed by atoms with Crippen molar-refractivity contribution in [2.24, 2.45) is 11.8 Å². The summed E-state index contributed by atoms with van der Waals surface area (Å²) in [4.78, 5) is 4.43. The van der Waals surface area contributed by atoms with Crippen LogP contribution in [-0.2, 0) is 6.54 Å². The highest BCUT2D eigenvalue weighted by Gasteiger charge is 2.20. The Morgan fingerprint density at radius 1 is 1.30 bits per heavy atom. The summed E-state index contributed by atoms with van der Waals surface area (Å²) in [6, 6.07) is 4.10. The van der Waals surface area contributed by atoms with E-state index in [2.05, 4.69) is 37.1 Å². The van der Waals surface area contributed by atoms with Gasteiger partial charge in [0.1, 0.15) is 6.10 Å². The maximum Gasteiger partial charge on any atom is 0.218 e. The second kappa shape index (κ2) is 7.63. The van der Waals surface area contributed by atoms with Crippen LogP contribution in [0.2, 0.25) is 0 Å². The van der Waals surface area contributed by atoms with Crippen molar-refractivity contribution in [2.45, 2.75) is 59.1 Å². The van der Waals surface area contributed by atoms with Crippen molar-refractivity contribution in [1.29, 1.82) is 0 Å². The van der Waals surface area contributed by atoms with Crippen LogP contribution in [0.15, 0.2) is 18.3 Å². The molecular formula is C17H28N2O. The number of pyridine rings is 1. The fraction of sp³-hybridized carbons (Fsp3) is 0.706. The third-order valence-corrected chi connectivity index (χ3v) is 3.96. The molecule has 0 bridgehead atoms. The summed E-state index contributed by atoms with van der Waals surface area (Å²) in [7, 11) is 0. The van der Waals surface area contributed by atoms with E-state index in [1.54, 1.807) is 0 Å². The summed E-state index contributed by atoms with van der Waals surface area (Å²) in [6.07, 6.45) is 7.06. The van der Waals surface area contributed by atoms with Crippen LogP contribution in [0.5, 0.6) is 5.88 Å². The van der Waals surface area contributed by atoms with Gasteiger partial charge in [-0.2, -0.15) is 0 Å². The Hall–Kier alpha value is -1.09. The second-order valence-corrected chi connectivity index (χ2v) is 6.49. The average Bonchev–Trinajstić information content (AvgIpc) is 2.43. The van der Waals surface area contributed by atoms with E-state index in [0.29, 0.717) is 12.0 Å². The number of hydrogen-bond acceptors (Lipinski definition) is 3. The molecule has 1 aliphatic carbocycles. The van der Waals surface area contributed by atoms with E-state index in [9.17, 15) is 0 Å². The van der Waals surface area contributed by atoms with Crippen LogP contribution in [-0.4, -0.2) is 17.6 Å². The van der Waals surface area contributed by atoms with E-state index in [-0.39, 0.29) is 0 Å². The molecule has 1 heterocycles. The molecule has 1 aliphatic rings. The minimum Gasteiger partial charge on any atom is -0.474 e. The van der Waals surface area contributed by atoms with Gasteiger partial charge in [-0.25, -0.2) is 4.98 Å². The Bertz CT molecular complexity index is 398. The molecule has 0 aliphatic heterocycles. The third kappa shape index (κ3) is 4.78. The topological polar surface area (TPSA) is 34.2 Å². The van der Waals surface area contributed by atoms with E-state index in [1.165, 1.54) is 18.4 Å². The van der Waals surface area contributed by atoms with Gasteiger partial charge in [0.25, 0.3) is 0 Å². The van der Waals surface area contributed by atoms with Crippen LogP contribution in [0.4, 0.5) is 0 Å². The second-order valence-electron chi connectivity index (χ2n) is 6.49. The van der Waals surface area contributed by atoms with Gasteiger partial charge in [0.2, 0.25) is 5.88 Å². The standard InChI is InChI=1S/C17H28N2O/c1-13(2)11-18-12-15-5-4-10-19-17(15)20-16-8-6-14(3)7-9-16/h4-5,10,13-14,16,18H,6-9,11-12H2,1-3H3. The smallest absolute Gasteiger partial charge is 0.218 e. The Balaban J connectivity index is 1.90. The molecule has 0 spiro atoms. The van der Waals surface area contributed by atoms with Crippen LogP contribution in [0.3, 0.4) is 0 Å². The summed E-state index contributed by atoms with van der Waals surface area (Å²) in [6.45, 7) is 8.63. The average molecular weight is 276 g/mol. The van der Waals surface area contributed by atoms with Crippen molar-refractivity contribution in [2.75, 3.05) is 6.54 Å². The number of ether oxygens (including phenoxy) is 1. The molecule has 3 nitrogen and oxygen atoms in total. The number of hydrogen-bond donors (Lipinski definition) is 1. The zero-order valence-corrected chi connectivity index (χ0v) is 13.1. The van der Waals surface area contributed by atoms with E-state index in [4.69, 9.17) is 4.74 Å². The molecule has 1 aromatic heterocycles. The predicted octanol–water partition coefficient (Wildman–Crippen LogP) is 3.78. The molecule has 0 radical (unpaired) electrons. The lowest BCUT2D eigenvalue weighted by Gasteiger charge is -2.27. The Morgan fingerprint density at radius 2 is 2.05 bits per heavy atom. The van der Waals surface area contributed by atoms with E-state index < -0.39 is 0 Å². The first kappa shape index (κ1) is 15.3. The minimum atomic E-state index is 0.352. The lowest BCUT2D eigenvalue weighted by atomic mass is 9.89. The molecule has 3 heteroatoms. The molecule has 1 saturated carbocycles. The minimum absolute atomic E-state index is 0.352. The van der Waals surface area contributed by atoms with Gasteiger partial charge in [-0.05, 0) is 50.1 Å². The molecule has 2 rings (SSSR count). The van der Waals surface area contributed by atoms with Crippen LogP contribution < -0.4 is 10.1 Å². The largest absolute Gasteiger partial charge is 0.474 e. The predicted molar refractivity (Wildman–Crippen MR) is 82.8 cm³/mol. The van der Waals surface area contributed by atoms with Crippen LogP contribution in [0.1, 0.15) is 52.0 Å². The van der Waals surface area contributed by atoms with Gasteiger partial charge in [-0.3, -0.25) is 0 Å². The van der Waals surface area contributed by atoms with Crippen molar-refractivity contribution in [1.82, 2.24) is 10.3 Å². The molecule has 0 amide bonds. The number of nitrogens with one attached hydrogen (secondary N) is 1. The quantitative estimate of drug-likeness (QED) is 0.858. The van der Waals surface area contributed by atoms with Gasteiger partial charge in [-0.15, -0.1) is 0 Å². The highest BCUT2D eigenvalue weighted by Crippen LogP contribution is 2.27. The SMILES string of the molecule is CC(C)CNCc1cccnc1OC1CCC(C)CC1. The summed E-state index contributed by atoms with van der Waals surface area (Å²) in [5.41, 5.74) is 1.17. The zero-order chi connectivity index (χ0) is 14.4. The first-order chi connectivity index (χ1) is 9.65. The Labute approximate surface area is 123 Å².